The molecule has 3 aromatic rings. The van der Waals surface area contributed by atoms with Crippen LogP contribution >= 0.6 is 0 Å². The Morgan fingerprint density at radius 3 is 2.13 bits per heavy atom. The number of hydrogen-bond acceptors (Lipinski definition) is 3. The number of benzene rings is 1. The van der Waals surface area contributed by atoms with Crippen LogP contribution in [0.3, 0.4) is 0 Å². The van der Waals surface area contributed by atoms with E-state index in [9.17, 15) is 0 Å². The van der Waals surface area contributed by atoms with E-state index in [1.165, 1.54) is 22.6 Å². The van der Waals surface area contributed by atoms with Crippen molar-refractivity contribution in [3.63, 3.8) is 0 Å². The maximum Gasteiger partial charge on any atom is 0.151 e. The van der Waals surface area contributed by atoms with Crippen LogP contribution in [0, 0.1) is 34.6 Å². The molecule has 0 aliphatic heterocycles. The minimum Gasteiger partial charge on any atom is -0.318 e. The quantitative estimate of drug-likeness (QED) is 0.695. The van der Waals surface area contributed by atoms with Gasteiger partial charge in [0, 0.05) is 22.6 Å². The fraction of sp³-hybridized carbons (Fsp3) is 0.278. The third kappa shape index (κ3) is 2.82. The largest absolute Gasteiger partial charge is 0.318 e. The molecule has 0 saturated heterocycles. The fourth-order valence-electron chi connectivity index (χ4n) is 2.76. The smallest absolute Gasteiger partial charge is 0.151 e. The van der Waals surface area contributed by atoms with Gasteiger partial charge in [-0.05, 0) is 52.8 Å². The number of aromatic nitrogens is 4. The van der Waals surface area contributed by atoms with Crippen molar-refractivity contribution in [1.29, 1.82) is 0 Å². The predicted octanol–water partition coefficient (Wildman–Crippen LogP) is 3.49. The van der Waals surface area contributed by atoms with E-state index in [0.717, 1.165) is 17.2 Å². The van der Waals surface area contributed by atoms with Crippen molar-refractivity contribution in [3.8, 4) is 5.69 Å². The Balaban J connectivity index is 1.99. The van der Waals surface area contributed by atoms with Gasteiger partial charge in [0.1, 0.15) is 0 Å². The number of nitrogens with zero attached hydrogens (tertiary/aromatic N) is 5. The van der Waals surface area contributed by atoms with Crippen LogP contribution in [0.25, 0.3) is 5.69 Å². The van der Waals surface area contributed by atoms with E-state index in [1.807, 2.05) is 20.1 Å². The van der Waals surface area contributed by atoms with Crippen molar-refractivity contribution in [2.45, 2.75) is 34.6 Å². The maximum atomic E-state index is 4.51. The van der Waals surface area contributed by atoms with E-state index in [0.29, 0.717) is 0 Å². The van der Waals surface area contributed by atoms with E-state index in [1.54, 1.807) is 4.68 Å². The molecule has 0 amide bonds. The van der Waals surface area contributed by atoms with E-state index >= 15 is 0 Å². The molecule has 0 unspecified atom stereocenters. The Kier molecular flexibility index (Phi) is 3.86. The summed E-state index contributed by atoms with van der Waals surface area (Å²) < 4.78 is 3.99. The van der Waals surface area contributed by atoms with Crippen molar-refractivity contribution >= 4 is 6.21 Å². The molecule has 0 saturated carbocycles. The maximum absolute atomic E-state index is 4.51. The lowest BCUT2D eigenvalue weighted by Gasteiger charge is -2.09. The van der Waals surface area contributed by atoms with Crippen LogP contribution in [0.15, 0.2) is 35.4 Å². The lowest BCUT2D eigenvalue weighted by molar-refractivity contribution is 0.798. The summed E-state index contributed by atoms with van der Waals surface area (Å²) in [6, 6.07) is 10.7. The summed E-state index contributed by atoms with van der Waals surface area (Å²) in [4.78, 5) is 0. The Bertz CT molecular complexity index is 846. The van der Waals surface area contributed by atoms with Gasteiger partial charge in [-0.25, -0.2) is 4.68 Å². The molecule has 0 fully saturated rings. The van der Waals surface area contributed by atoms with Gasteiger partial charge < -0.3 is 4.57 Å². The molecule has 2 aromatic heterocycles. The van der Waals surface area contributed by atoms with Crippen LogP contribution in [-0.2, 0) is 0 Å². The highest BCUT2D eigenvalue weighted by Gasteiger charge is 2.10. The first-order chi connectivity index (χ1) is 11.0. The molecule has 0 radical (unpaired) electrons. The lowest BCUT2D eigenvalue weighted by atomic mass is 10.2. The summed E-state index contributed by atoms with van der Waals surface area (Å²) in [7, 11) is 0. The summed E-state index contributed by atoms with van der Waals surface area (Å²) in [5.74, 6) is 1.57. The highest BCUT2D eigenvalue weighted by Crippen LogP contribution is 2.20. The highest BCUT2D eigenvalue weighted by atomic mass is 15.4. The molecule has 0 spiro atoms. The highest BCUT2D eigenvalue weighted by molar-refractivity contribution is 5.82. The molecule has 1 aromatic carbocycles. The molecule has 0 aliphatic carbocycles. The van der Waals surface area contributed by atoms with Gasteiger partial charge in [-0.3, -0.25) is 0 Å². The summed E-state index contributed by atoms with van der Waals surface area (Å²) in [6.07, 6.45) is 1.87. The lowest BCUT2D eigenvalue weighted by Crippen LogP contribution is -2.00. The molecular weight excluding hydrogens is 286 g/mol. The molecule has 0 atom stereocenters. The second-order valence-corrected chi connectivity index (χ2v) is 5.85. The zero-order chi connectivity index (χ0) is 16.6. The third-order valence-electron chi connectivity index (χ3n) is 4.03. The van der Waals surface area contributed by atoms with Crippen molar-refractivity contribution < 1.29 is 0 Å². The van der Waals surface area contributed by atoms with Crippen LogP contribution < -0.4 is 0 Å². The van der Waals surface area contributed by atoms with Gasteiger partial charge in [0.15, 0.2) is 11.6 Å². The van der Waals surface area contributed by atoms with Crippen molar-refractivity contribution in [1.82, 2.24) is 19.4 Å². The summed E-state index contributed by atoms with van der Waals surface area (Å²) in [5.41, 5.74) is 5.87. The van der Waals surface area contributed by atoms with Crippen LogP contribution in [0.4, 0.5) is 0 Å². The first kappa shape index (κ1) is 15.2. The molecule has 118 valence electrons. The molecule has 3 rings (SSSR count). The first-order valence-corrected chi connectivity index (χ1v) is 7.66. The summed E-state index contributed by atoms with van der Waals surface area (Å²) in [6.45, 7) is 10.1. The van der Waals surface area contributed by atoms with E-state index < -0.39 is 0 Å². The van der Waals surface area contributed by atoms with Crippen LogP contribution in [0.5, 0.6) is 0 Å². The molecule has 5 heteroatoms. The summed E-state index contributed by atoms with van der Waals surface area (Å²) in [5, 5.41) is 12.6. The van der Waals surface area contributed by atoms with Gasteiger partial charge in [0.2, 0.25) is 0 Å². The van der Waals surface area contributed by atoms with Crippen LogP contribution in [0.2, 0.25) is 0 Å². The molecule has 5 nitrogen and oxygen atoms in total. The summed E-state index contributed by atoms with van der Waals surface area (Å²) >= 11 is 0. The van der Waals surface area contributed by atoms with Gasteiger partial charge in [-0.2, -0.15) is 5.10 Å². The van der Waals surface area contributed by atoms with Crippen molar-refractivity contribution in [2.75, 3.05) is 0 Å². The fourth-order valence-corrected chi connectivity index (χ4v) is 2.76. The molecular formula is C18H21N5. The zero-order valence-corrected chi connectivity index (χ0v) is 14.2. The van der Waals surface area contributed by atoms with E-state index in [-0.39, 0.29) is 0 Å². The second-order valence-electron chi connectivity index (χ2n) is 5.85. The Morgan fingerprint density at radius 1 is 0.913 bits per heavy atom. The van der Waals surface area contributed by atoms with Crippen molar-refractivity contribution in [3.05, 3.63) is 64.5 Å². The number of aryl methyl sites for hydroxylation is 4. The molecule has 0 bridgehead atoms. The molecule has 2 heterocycles. The zero-order valence-electron chi connectivity index (χ0n) is 14.2. The average molecular weight is 307 g/mol. The minimum absolute atomic E-state index is 0.783. The Labute approximate surface area is 136 Å². The Morgan fingerprint density at radius 2 is 1.52 bits per heavy atom. The van der Waals surface area contributed by atoms with Gasteiger partial charge >= 0.3 is 0 Å². The van der Waals surface area contributed by atoms with Gasteiger partial charge in [-0.1, -0.05) is 17.7 Å². The standard InChI is InChI=1S/C18H21N5/c1-12-6-8-18(9-7-12)22-13(2)10-17(14(22)3)11-19-23-15(4)20-21-16(23)5/h6-11H,1-5H3/b19-11+. The topological polar surface area (TPSA) is 48.0 Å². The average Bonchev–Trinajstić information content (AvgIpc) is 2.98. The Hall–Kier alpha value is -2.69. The third-order valence-corrected chi connectivity index (χ3v) is 4.03. The van der Waals surface area contributed by atoms with Gasteiger partial charge in [-0.15, -0.1) is 10.2 Å². The molecule has 23 heavy (non-hydrogen) atoms. The number of hydrogen-bond donors (Lipinski definition) is 0. The normalized spacial score (nSPS) is 11.5. The van der Waals surface area contributed by atoms with Gasteiger partial charge in [0.05, 0.1) is 6.21 Å². The van der Waals surface area contributed by atoms with Crippen molar-refractivity contribution in [2.24, 2.45) is 5.10 Å². The SMILES string of the molecule is Cc1ccc(-n2c(C)cc(/C=N/n3c(C)nnc3C)c2C)cc1. The molecule has 0 N–H and O–H groups in total. The predicted molar refractivity (Wildman–Crippen MR) is 92.5 cm³/mol. The molecule has 0 aliphatic rings. The number of rotatable bonds is 3. The van der Waals surface area contributed by atoms with Crippen LogP contribution in [0.1, 0.15) is 34.2 Å². The monoisotopic (exact) mass is 307 g/mol. The second kappa shape index (κ2) is 5.83. The van der Waals surface area contributed by atoms with E-state index in [2.05, 4.69) is 71.0 Å². The van der Waals surface area contributed by atoms with E-state index in [4.69, 9.17) is 0 Å². The van der Waals surface area contributed by atoms with Gasteiger partial charge in [0.25, 0.3) is 0 Å². The minimum atomic E-state index is 0.783. The first-order valence-electron chi connectivity index (χ1n) is 7.66. The van der Waals surface area contributed by atoms with Crippen LogP contribution in [-0.4, -0.2) is 25.7 Å².